The number of rotatable bonds is 5. The molecule has 21 heavy (non-hydrogen) atoms. The number of carboxylic acid groups (broad SMARTS) is 1. The molecule has 0 aliphatic carbocycles. The predicted octanol–water partition coefficient (Wildman–Crippen LogP) is 2.23. The summed E-state index contributed by atoms with van der Waals surface area (Å²) in [5.74, 6) is -1.23. The first-order chi connectivity index (χ1) is 9.99. The predicted molar refractivity (Wildman–Crippen MR) is 81.6 cm³/mol. The van der Waals surface area contributed by atoms with E-state index in [-0.39, 0.29) is 11.5 Å². The Hall–Kier alpha value is -2.21. The van der Waals surface area contributed by atoms with Crippen LogP contribution < -0.4 is 5.32 Å². The molecule has 110 valence electrons. The van der Waals surface area contributed by atoms with Crippen molar-refractivity contribution in [2.75, 3.05) is 5.75 Å². The maximum atomic E-state index is 11.1. The number of thioether (sulfide) groups is 1. The first-order valence-electron chi connectivity index (χ1n) is 6.32. The van der Waals surface area contributed by atoms with E-state index < -0.39 is 17.9 Å². The quantitative estimate of drug-likeness (QED) is 0.737. The number of hydrogen-bond acceptors (Lipinski definition) is 4. The minimum absolute atomic E-state index is 0.130. The number of phenols is 1. The van der Waals surface area contributed by atoms with Crippen molar-refractivity contribution in [3.63, 3.8) is 0 Å². The molecule has 2 rings (SSSR count). The van der Waals surface area contributed by atoms with Crippen LogP contribution in [-0.2, 0) is 9.59 Å². The van der Waals surface area contributed by atoms with E-state index >= 15 is 0 Å². The Balaban J connectivity index is 2.17. The zero-order valence-electron chi connectivity index (χ0n) is 11.4. The molecular formula is C15H15NO4S. The Kier molecular flexibility index (Phi) is 4.70. The third-order valence-electron chi connectivity index (χ3n) is 2.94. The minimum atomic E-state index is -1.10. The number of fused-ring (bicyclic) bond motifs is 1. The fourth-order valence-corrected chi connectivity index (χ4v) is 2.93. The summed E-state index contributed by atoms with van der Waals surface area (Å²) in [5.41, 5.74) is 0. The van der Waals surface area contributed by atoms with E-state index in [4.69, 9.17) is 5.11 Å². The summed E-state index contributed by atoms with van der Waals surface area (Å²) < 4.78 is 0. The van der Waals surface area contributed by atoms with E-state index in [9.17, 15) is 14.7 Å². The number of phenolic OH excluding ortho intramolecular Hbond substituents is 1. The van der Waals surface area contributed by atoms with Crippen LogP contribution in [0.4, 0.5) is 0 Å². The Morgan fingerprint density at radius 2 is 1.95 bits per heavy atom. The molecule has 6 heteroatoms. The van der Waals surface area contributed by atoms with E-state index in [2.05, 4.69) is 5.32 Å². The second kappa shape index (κ2) is 6.49. The number of benzene rings is 2. The Labute approximate surface area is 126 Å². The number of carbonyl (C=O) groups excluding carboxylic acids is 1. The lowest BCUT2D eigenvalue weighted by molar-refractivity contribution is -0.140. The monoisotopic (exact) mass is 305 g/mol. The highest BCUT2D eigenvalue weighted by molar-refractivity contribution is 7.99. The molecule has 0 aliphatic rings. The van der Waals surface area contributed by atoms with Gasteiger partial charge in [0.15, 0.2) is 0 Å². The molecule has 1 atom stereocenters. The van der Waals surface area contributed by atoms with Gasteiger partial charge in [-0.1, -0.05) is 30.3 Å². The number of amides is 1. The largest absolute Gasteiger partial charge is 0.506 e. The Bertz CT molecular complexity index is 686. The van der Waals surface area contributed by atoms with Gasteiger partial charge >= 0.3 is 5.97 Å². The molecule has 1 amide bonds. The number of carboxylic acids is 1. The maximum Gasteiger partial charge on any atom is 0.327 e. The molecule has 0 spiro atoms. The number of hydrogen-bond donors (Lipinski definition) is 3. The lowest BCUT2D eigenvalue weighted by Crippen LogP contribution is -2.41. The summed E-state index contributed by atoms with van der Waals surface area (Å²) in [6.07, 6.45) is 0. The molecule has 5 nitrogen and oxygen atoms in total. The number of aliphatic carboxylic acids is 1. The van der Waals surface area contributed by atoms with E-state index in [0.29, 0.717) is 10.3 Å². The van der Waals surface area contributed by atoms with Crippen LogP contribution in [-0.4, -0.2) is 33.9 Å². The molecule has 3 N–H and O–H groups in total. The standard InChI is InChI=1S/C15H15NO4S/c1-9(17)16-12(15(19)20)8-21-13-7-6-10-4-2-3-5-11(10)14(13)18/h2-7,12,18H,8H2,1H3,(H,16,17)(H,19,20)/t12-/m0/s1. The molecule has 0 aromatic heterocycles. The van der Waals surface area contributed by atoms with Crippen molar-refractivity contribution >= 4 is 34.4 Å². The molecule has 0 unspecified atom stereocenters. The highest BCUT2D eigenvalue weighted by Gasteiger charge is 2.19. The third-order valence-corrected chi connectivity index (χ3v) is 4.09. The zero-order valence-corrected chi connectivity index (χ0v) is 12.2. The highest BCUT2D eigenvalue weighted by Crippen LogP contribution is 2.35. The van der Waals surface area contributed by atoms with E-state index in [1.54, 1.807) is 12.1 Å². The van der Waals surface area contributed by atoms with Gasteiger partial charge in [0.1, 0.15) is 11.8 Å². The second-order valence-electron chi connectivity index (χ2n) is 4.54. The van der Waals surface area contributed by atoms with Crippen molar-refractivity contribution in [2.45, 2.75) is 17.9 Å². The first-order valence-corrected chi connectivity index (χ1v) is 7.31. The fraction of sp³-hybridized carbons (Fsp3) is 0.200. The van der Waals surface area contributed by atoms with Crippen molar-refractivity contribution in [3.05, 3.63) is 36.4 Å². The molecule has 0 saturated heterocycles. The molecule has 0 bridgehead atoms. The van der Waals surface area contributed by atoms with Crippen LogP contribution >= 0.6 is 11.8 Å². The van der Waals surface area contributed by atoms with E-state index in [1.807, 2.05) is 24.3 Å². The molecule has 0 aliphatic heterocycles. The summed E-state index contributed by atoms with van der Waals surface area (Å²) in [6, 6.07) is 10.0. The van der Waals surface area contributed by atoms with Gasteiger partial charge in [0.2, 0.25) is 5.91 Å². The number of nitrogens with one attached hydrogen (secondary N) is 1. The Morgan fingerprint density at radius 3 is 2.62 bits per heavy atom. The maximum absolute atomic E-state index is 11.1. The molecular weight excluding hydrogens is 290 g/mol. The smallest absolute Gasteiger partial charge is 0.327 e. The zero-order chi connectivity index (χ0) is 15.4. The van der Waals surface area contributed by atoms with Crippen LogP contribution in [0.2, 0.25) is 0 Å². The van der Waals surface area contributed by atoms with Gasteiger partial charge in [0, 0.05) is 23.0 Å². The SMILES string of the molecule is CC(=O)N[C@@H](CSc1ccc2ccccc2c1O)C(=O)O. The molecule has 0 heterocycles. The van der Waals surface area contributed by atoms with Gasteiger partial charge in [-0.05, 0) is 11.5 Å². The van der Waals surface area contributed by atoms with Crippen molar-refractivity contribution in [1.29, 1.82) is 0 Å². The molecule has 0 radical (unpaired) electrons. The summed E-state index contributed by atoms with van der Waals surface area (Å²) >= 11 is 1.19. The summed E-state index contributed by atoms with van der Waals surface area (Å²) in [7, 11) is 0. The minimum Gasteiger partial charge on any atom is -0.506 e. The lowest BCUT2D eigenvalue weighted by Gasteiger charge is -2.13. The molecule has 0 saturated carbocycles. The summed E-state index contributed by atoms with van der Waals surface area (Å²) in [4.78, 5) is 22.6. The van der Waals surface area contributed by atoms with Crippen LogP contribution in [0.1, 0.15) is 6.92 Å². The topological polar surface area (TPSA) is 86.6 Å². The van der Waals surface area contributed by atoms with Crippen molar-refractivity contribution < 1.29 is 19.8 Å². The van der Waals surface area contributed by atoms with Gasteiger partial charge in [-0.25, -0.2) is 4.79 Å². The second-order valence-corrected chi connectivity index (χ2v) is 5.60. The van der Waals surface area contributed by atoms with Gasteiger partial charge in [0.05, 0.1) is 0 Å². The number of aromatic hydroxyl groups is 1. The summed E-state index contributed by atoms with van der Waals surface area (Å²) in [5, 5.41) is 23.3. The van der Waals surface area contributed by atoms with Crippen LogP contribution in [0.15, 0.2) is 41.3 Å². The number of carbonyl (C=O) groups is 2. The Morgan fingerprint density at radius 1 is 1.24 bits per heavy atom. The van der Waals surface area contributed by atoms with Crippen LogP contribution in [0.5, 0.6) is 5.75 Å². The average molecular weight is 305 g/mol. The van der Waals surface area contributed by atoms with Crippen molar-refractivity contribution in [2.24, 2.45) is 0 Å². The van der Waals surface area contributed by atoms with Crippen molar-refractivity contribution in [1.82, 2.24) is 5.32 Å². The van der Waals surface area contributed by atoms with Crippen molar-refractivity contribution in [3.8, 4) is 5.75 Å². The highest BCUT2D eigenvalue weighted by atomic mass is 32.2. The average Bonchev–Trinajstić information content (AvgIpc) is 2.45. The van der Waals surface area contributed by atoms with Crippen LogP contribution in [0, 0.1) is 0 Å². The molecule has 0 fully saturated rings. The third kappa shape index (κ3) is 3.66. The van der Waals surface area contributed by atoms with Gasteiger partial charge in [-0.3, -0.25) is 4.79 Å². The van der Waals surface area contributed by atoms with Gasteiger partial charge in [-0.15, -0.1) is 11.8 Å². The fourth-order valence-electron chi connectivity index (χ4n) is 1.94. The van der Waals surface area contributed by atoms with Gasteiger partial charge in [0.25, 0.3) is 0 Å². The molecule has 2 aromatic carbocycles. The van der Waals surface area contributed by atoms with Crippen LogP contribution in [0.3, 0.4) is 0 Å². The van der Waals surface area contributed by atoms with Crippen LogP contribution in [0.25, 0.3) is 10.8 Å². The normalized spacial score (nSPS) is 12.0. The molecule has 2 aromatic rings. The van der Waals surface area contributed by atoms with Gasteiger partial charge < -0.3 is 15.5 Å². The van der Waals surface area contributed by atoms with Gasteiger partial charge in [-0.2, -0.15) is 0 Å². The van der Waals surface area contributed by atoms with E-state index in [0.717, 1.165) is 5.39 Å². The summed E-state index contributed by atoms with van der Waals surface area (Å²) in [6.45, 7) is 1.27. The first kappa shape index (κ1) is 15.2. The lowest BCUT2D eigenvalue weighted by atomic mass is 10.1. The van der Waals surface area contributed by atoms with E-state index in [1.165, 1.54) is 18.7 Å².